The van der Waals surface area contributed by atoms with Gasteiger partial charge in [0, 0.05) is 40.2 Å². The van der Waals surface area contributed by atoms with Crippen LogP contribution in [0.3, 0.4) is 0 Å². The van der Waals surface area contributed by atoms with Crippen LogP contribution in [0.15, 0.2) is 60.7 Å². The van der Waals surface area contributed by atoms with E-state index in [9.17, 15) is 38.4 Å². The highest BCUT2D eigenvalue weighted by Crippen LogP contribution is 2.27. The first-order chi connectivity index (χ1) is 38.3. The van der Waals surface area contributed by atoms with Crippen LogP contribution < -0.4 is 65.5 Å². The van der Waals surface area contributed by atoms with Gasteiger partial charge in [0.05, 0.1) is 36.4 Å². The van der Waals surface area contributed by atoms with Crippen molar-refractivity contribution in [3.8, 4) is 0 Å². The number of hydrogen-bond acceptors (Lipinski definition) is 16. The van der Waals surface area contributed by atoms with E-state index in [0.29, 0.717) is 62.7 Å². The molecule has 4 bridgehead atoms. The molecule has 2 aromatic rings. The van der Waals surface area contributed by atoms with Gasteiger partial charge in [0.1, 0.15) is 36.4 Å². The molecule has 0 saturated carbocycles. The molecule has 0 spiro atoms. The standard InChI is InChI=1S/C56H88N12O12/c1-31(2)25-37-51(71)61-29-41-43(67-49(69)35(59)21-13-15-23-57)45(77-5)48(79-41)56(76)66-40(28-34-19-11-8-12-20-34)54(74)64-38(26-32(3)4)52(72)62-30-42-44(68-50(70)36(60)22-14-16-24-58)46(78-6)47(80-42)55(75)65-39(53(73)63-37)27-33-17-9-7-10-18-33/h7-12,17-20,31-32,35-48H,13-16,21-30,57-60H2,1-6H3,(H,61,71)(H,62,72)(H,63,73)(H,64,74)(H,65,75)(H,66,76)(H,67,69)(H,68,70)/t35-,36-,37-,38-,39-,40-,41+,42+,43+,44+,45+,46+,47-,48-/m0/s1. The molecule has 14 atom stereocenters. The predicted octanol–water partition coefficient (Wildman–Crippen LogP) is -1.80. The van der Waals surface area contributed by atoms with Gasteiger partial charge in [0.25, 0.3) is 11.8 Å². The van der Waals surface area contributed by atoms with Crippen molar-refractivity contribution in [3.05, 3.63) is 71.8 Å². The molecular weight excluding hydrogens is 1030 g/mol. The van der Waals surface area contributed by atoms with Crippen molar-refractivity contribution in [2.24, 2.45) is 34.8 Å². The van der Waals surface area contributed by atoms with Crippen LogP contribution in [0.5, 0.6) is 0 Å². The van der Waals surface area contributed by atoms with Gasteiger partial charge in [-0.25, -0.2) is 0 Å². The van der Waals surface area contributed by atoms with E-state index in [2.05, 4.69) is 42.5 Å². The molecular formula is C56H88N12O12. The molecule has 8 amide bonds. The summed E-state index contributed by atoms with van der Waals surface area (Å²) in [6.07, 6.45) is -4.32. The van der Waals surface area contributed by atoms with Gasteiger partial charge in [-0.15, -0.1) is 0 Å². The van der Waals surface area contributed by atoms with E-state index in [1.54, 1.807) is 60.7 Å². The van der Waals surface area contributed by atoms with Crippen LogP contribution in [0, 0.1) is 11.8 Å². The number of carbonyl (C=O) groups excluding carboxylic acids is 8. The van der Waals surface area contributed by atoms with Crippen LogP contribution in [-0.4, -0.2) is 173 Å². The SMILES string of the molecule is CO[C@@H]1[C@H](NC(=O)[C@@H](N)CCCCN)[C@H]2CNC(=O)[C@H](CC(C)C)NC(=O)[C@H](Cc3ccccc3)NC(=O)[C@H]3O[C@H](CNC(=O)[C@H](CC(C)C)NC(=O)[C@H](Cc4ccccc4)NC(=O)[C@H]1O2)[C@@H](NC(=O)[C@@H](N)CCCCN)[C@H]3OC. The van der Waals surface area contributed by atoms with Crippen LogP contribution in [0.4, 0.5) is 0 Å². The van der Waals surface area contributed by atoms with Gasteiger partial charge < -0.3 is 84.4 Å². The first kappa shape index (κ1) is 64.7. The number of ether oxygens (including phenoxy) is 4. The summed E-state index contributed by atoms with van der Waals surface area (Å²) >= 11 is 0. The van der Waals surface area contributed by atoms with Crippen molar-refractivity contribution in [2.75, 3.05) is 40.4 Å². The van der Waals surface area contributed by atoms with Crippen molar-refractivity contribution in [1.82, 2.24) is 42.5 Å². The van der Waals surface area contributed by atoms with Crippen LogP contribution in [-0.2, 0) is 70.1 Å². The molecule has 3 aliphatic heterocycles. The quantitative estimate of drug-likeness (QED) is 0.0579. The Hall–Kier alpha value is -6.12. The largest absolute Gasteiger partial charge is 0.376 e. The van der Waals surface area contributed by atoms with Crippen LogP contribution in [0.1, 0.15) is 90.2 Å². The van der Waals surface area contributed by atoms with Crippen molar-refractivity contribution < 1.29 is 57.3 Å². The van der Waals surface area contributed by atoms with Crippen molar-refractivity contribution in [1.29, 1.82) is 0 Å². The maximum Gasteiger partial charge on any atom is 0.252 e. The highest BCUT2D eigenvalue weighted by Gasteiger charge is 2.52. The summed E-state index contributed by atoms with van der Waals surface area (Å²) < 4.78 is 24.6. The lowest BCUT2D eigenvalue weighted by Gasteiger charge is -2.28. The molecule has 0 aliphatic carbocycles. The lowest BCUT2D eigenvalue weighted by molar-refractivity contribution is -0.141. The molecule has 3 aliphatic rings. The van der Waals surface area contributed by atoms with E-state index in [1.165, 1.54) is 14.2 Å². The van der Waals surface area contributed by atoms with Gasteiger partial charge in [0.2, 0.25) is 35.4 Å². The minimum atomic E-state index is -1.47. The normalized spacial score (nSPS) is 28.1. The second-order valence-corrected chi connectivity index (χ2v) is 21.8. The molecule has 0 radical (unpaired) electrons. The maximum absolute atomic E-state index is 14.7. The van der Waals surface area contributed by atoms with E-state index < -0.39 is 132 Å². The zero-order valence-corrected chi connectivity index (χ0v) is 47.1. The molecule has 16 N–H and O–H groups in total. The van der Waals surface area contributed by atoms with Crippen LogP contribution >= 0.6 is 0 Å². The van der Waals surface area contributed by atoms with E-state index >= 15 is 0 Å². The second-order valence-electron chi connectivity index (χ2n) is 21.8. The van der Waals surface area contributed by atoms with E-state index in [4.69, 9.17) is 41.9 Å². The summed E-state index contributed by atoms with van der Waals surface area (Å²) in [7, 11) is 2.66. The van der Waals surface area contributed by atoms with Crippen molar-refractivity contribution in [3.63, 3.8) is 0 Å². The monoisotopic (exact) mass is 1120 g/mol. The fourth-order valence-electron chi connectivity index (χ4n) is 10.2. The highest BCUT2D eigenvalue weighted by molar-refractivity contribution is 5.95. The van der Waals surface area contributed by atoms with Crippen LogP contribution in [0.25, 0.3) is 0 Å². The van der Waals surface area contributed by atoms with Gasteiger partial charge in [-0.05, 0) is 74.6 Å². The molecule has 0 aromatic heterocycles. The fourth-order valence-corrected chi connectivity index (χ4v) is 10.2. The zero-order chi connectivity index (χ0) is 58.5. The summed E-state index contributed by atoms with van der Waals surface area (Å²) in [5, 5.41) is 22.9. The number of nitrogens with one attached hydrogen (secondary N) is 8. The zero-order valence-electron chi connectivity index (χ0n) is 47.1. The average molecular weight is 1120 g/mol. The van der Waals surface area contributed by atoms with E-state index in [-0.39, 0.29) is 50.6 Å². The summed E-state index contributed by atoms with van der Waals surface area (Å²) in [6.45, 7) is 7.66. The average Bonchev–Trinajstić information content (AvgIpc) is 3.97. The Balaban J connectivity index is 1.58. The maximum atomic E-state index is 14.7. The predicted molar refractivity (Wildman–Crippen MR) is 297 cm³/mol. The lowest BCUT2D eigenvalue weighted by atomic mass is 9.99. The molecule has 3 heterocycles. The summed E-state index contributed by atoms with van der Waals surface area (Å²) in [4.78, 5) is 115. The molecule has 24 nitrogen and oxygen atoms in total. The first-order valence-corrected chi connectivity index (χ1v) is 28.0. The third kappa shape index (κ3) is 19.0. The molecule has 3 fully saturated rings. The van der Waals surface area contributed by atoms with Crippen LogP contribution in [0.2, 0.25) is 0 Å². The number of rotatable bonds is 22. The van der Waals surface area contributed by atoms with Gasteiger partial charge in [-0.1, -0.05) is 101 Å². The van der Waals surface area contributed by atoms with Crippen molar-refractivity contribution >= 4 is 47.3 Å². The Labute approximate surface area is 469 Å². The lowest BCUT2D eigenvalue weighted by Crippen LogP contribution is -2.59. The fraction of sp³-hybridized carbons (Fsp3) is 0.643. The van der Waals surface area contributed by atoms with E-state index in [1.807, 2.05) is 27.7 Å². The Kier molecular flexibility index (Phi) is 26.2. The number of fused-ring (bicyclic) bond motifs is 4. The molecule has 3 saturated heterocycles. The molecule has 24 heteroatoms. The minimum Gasteiger partial charge on any atom is -0.376 e. The molecule has 5 rings (SSSR count). The first-order valence-electron chi connectivity index (χ1n) is 28.0. The van der Waals surface area contributed by atoms with Gasteiger partial charge in [-0.3, -0.25) is 38.4 Å². The van der Waals surface area contributed by atoms with Crippen molar-refractivity contribution in [2.45, 2.75) is 177 Å². The molecule has 80 heavy (non-hydrogen) atoms. The van der Waals surface area contributed by atoms with Gasteiger partial charge in [-0.2, -0.15) is 0 Å². The number of methoxy groups -OCH3 is 2. The smallest absolute Gasteiger partial charge is 0.252 e. The highest BCUT2D eigenvalue weighted by atomic mass is 16.6. The summed E-state index contributed by atoms with van der Waals surface area (Å²) in [5.41, 5.74) is 25.4. The molecule has 2 aromatic carbocycles. The van der Waals surface area contributed by atoms with Gasteiger partial charge >= 0.3 is 0 Å². The number of nitrogens with two attached hydrogens (primary N) is 4. The minimum absolute atomic E-state index is 0.0290. The number of amides is 8. The number of unbranched alkanes of at least 4 members (excludes halogenated alkanes) is 2. The topological polar surface area (TPSA) is 374 Å². The number of carbonyl (C=O) groups is 8. The Morgan fingerprint density at radius 2 is 0.887 bits per heavy atom. The Morgan fingerprint density at radius 1 is 0.537 bits per heavy atom. The summed E-state index contributed by atoms with van der Waals surface area (Å²) in [5.74, 6) is -5.72. The third-order valence-corrected chi connectivity index (χ3v) is 14.5. The second kappa shape index (κ2) is 32.4. The third-order valence-electron chi connectivity index (χ3n) is 14.5. The number of benzene rings is 2. The van der Waals surface area contributed by atoms with Gasteiger partial charge in [0.15, 0.2) is 12.2 Å². The molecule has 0 unspecified atom stereocenters. The number of hydrogen-bond donors (Lipinski definition) is 12. The summed E-state index contributed by atoms with van der Waals surface area (Å²) in [6, 6.07) is 8.72. The Bertz CT molecular complexity index is 2180. The molecule has 444 valence electrons. The Morgan fingerprint density at radius 3 is 1.21 bits per heavy atom. The van der Waals surface area contributed by atoms with E-state index in [0.717, 1.165) is 0 Å².